The summed E-state index contributed by atoms with van der Waals surface area (Å²) in [5.74, 6) is -1.68. The number of allylic oxidation sites excluding steroid dienone is 3. The van der Waals surface area contributed by atoms with E-state index in [0.717, 1.165) is 15.8 Å². The number of dihydropyridines is 1. The Balaban J connectivity index is 1.79. The molecule has 4 rings (SSSR count). The van der Waals surface area contributed by atoms with E-state index in [-0.39, 0.29) is 18.2 Å². The highest BCUT2D eigenvalue weighted by molar-refractivity contribution is 7.17. The SMILES string of the molecule is CC(=O)C1=C(C)NC(C)=C(C(=O)OCc2ccncc2)C1c1csc2ccc(F)cc12. The van der Waals surface area contributed by atoms with E-state index in [9.17, 15) is 14.0 Å². The van der Waals surface area contributed by atoms with E-state index in [2.05, 4.69) is 10.3 Å². The Morgan fingerprint density at radius 2 is 1.84 bits per heavy atom. The maximum absolute atomic E-state index is 14.0. The Kier molecular flexibility index (Phi) is 5.69. The van der Waals surface area contributed by atoms with Crippen molar-refractivity contribution in [2.45, 2.75) is 33.3 Å². The number of benzene rings is 1. The molecule has 0 fully saturated rings. The van der Waals surface area contributed by atoms with Crippen molar-refractivity contribution in [1.82, 2.24) is 10.3 Å². The molecule has 0 amide bonds. The van der Waals surface area contributed by atoms with Crippen molar-refractivity contribution < 1.29 is 18.7 Å². The number of hydrogen-bond acceptors (Lipinski definition) is 6. The van der Waals surface area contributed by atoms with Crippen molar-refractivity contribution in [3.8, 4) is 0 Å². The Morgan fingerprint density at radius 1 is 1.13 bits per heavy atom. The minimum absolute atomic E-state index is 0.0853. The third kappa shape index (κ3) is 4.01. The van der Waals surface area contributed by atoms with E-state index >= 15 is 0 Å². The molecule has 1 N–H and O–H groups in total. The summed E-state index contributed by atoms with van der Waals surface area (Å²) in [7, 11) is 0. The molecule has 3 heterocycles. The first-order valence-corrected chi connectivity index (χ1v) is 10.7. The summed E-state index contributed by atoms with van der Waals surface area (Å²) in [5, 5.41) is 5.73. The van der Waals surface area contributed by atoms with Crippen LogP contribution in [0.15, 0.2) is 70.6 Å². The van der Waals surface area contributed by atoms with Crippen LogP contribution in [-0.4, -0.2) is 16.7 Å². The van der Waals surface area contributed by atoms with Crippen LogP contribution >= 0.6 is 11.3 Å². The summed E-state index contributed by atoms with van der Waals surface area (Å²) in [6, 6.07) is 8.10. The molecule has 1 aromatic carbocycles. The van der Waals surface area contributed by atoms with E-state index in [1.807, 2.05) is 12.3 Å². The lowest BCUT2D eigenvalue weighted by Gasteiger charge is -2.30. The third-order valence-electron chi connectivity index (χ3n) is 5.36. The first kappa shape index (κ1) is 20.9. The molecule has 0 spiro atoms. The standard InChI is InChI=1S/C24H21FN2O3S/c1-13-21(15(3)28)23(19-12-31-20-5-4-17(25)10-18(19)20)22(14(2)27-13)24(29)30-11-16-6-8-26-9-7-16/h4-10,12,23,27H,11H2,1-3H3. The zero-order chi connectivity index (χ0) is 22.1. The van der Waals surface area contributed by atoms with Gasteiger partial charge in [0.25, 0.3) is 0 Å². The molecule has 3 aromatic rings. The molecule has 1 unspecified atom stereocenters. The number of Topliss-reactive ketones (excluding diaryl/α,β-unsaturated/α-hetero) is 1. The average molecular weight is 437 g/mol. The second-order valence-corrected chi connectivity index (χ2v) is 8.37. The van der Waals surface area contributed by atoms with Crippen LogP contribution in [0.3, 0.4) is 0 Å². The number of fused-ring (bicyclic) bond motifs is 1. The summed E-state index contributed by atoms with van der Waals surface area (Å²) in [6.07, 6.45) is 3.26. The lowest BCUT2D eigenvalue weighted by Crippen LogP contribution is -2.31. The Labute approximate surface area is 183 Å². The number of aromatic nitrogens is 1. The summed E-state index contributed by atoms with van der Waals surface area (Å²) < 4.78 is 20.5. The van der Waals surface area contributed by atoms with E-state index in [1.54, 1.807) is 37.5 Å². The number of carbonyl (C=O) groups is 2. The number of ketones is 1. The highest BCUT2D eigenvalue weighted by atomic mass is 32.1. The van der Waals surface area contributed by atoms with Gasteiger partial charge in [-0.25, -0.2) is 9.18 Å². The second-order valence-electron chi connectivity index (χ2n) is 7.45. The molecular formula is C24H21FN2O3S. The fourth-order valence-electron chi connectivity index (χ4n) is 3.99. The van der Waals surface area contributed by atoms with Gasteiger partial charge in [-0.3, -0.25) is 9.78 Å². The van der Waals surface area contributed by atoms with Gasteiger partial charge in [0.15, 0.2) is 5.78 Å². The van der Waals surface area contributed by atoms with Crippen molar-refractivity contribution in [2.75, 3.05) is 0 Å². The lowest BCUT2D eigenvalue weighted by molar-refractivity contribution is -0.140. The van der Waals surface area contributed by atoms with Crippen molar-refractivity contribution in [3.63, 3.8) is 0 Å². The highest BCUT2D eigenvalue weighted by Crippen LogP contribution is 2.43. The maximum Gasteiger partial charge on any atom is 0.337 e. The number of hydrogen-bond donors (Lipinski definition) is 1. The molecule has 0 saturated heterocycles. The number of nitrogens with zero attached hydrogens (tertiary/aromatic N) is 1. The Bertz CT molecular complexity index is 1240. The maximum atomic E-state index is 14.0. The zero-order valence-corrected chi connectivity index (χ0v) is 18.2. The molecule has 31 heavy (non-hydrogen) atoms. The number of rotatable bonds is 5. The van der Waals surface area contributed by atoms with Gasteiger partial charge in [0.2, 0.25) is 0 Å². The monoisotopic (exact) mass is 436 g/mol. The van der Waals surface area contributed by atoms with Crippen molar-refractivity contribution in [3.05, 3.63) is 87.6 Å². The zero-order valence-electron chi connectivity index (χ0n) is 17.4. The number of nitrogens with one attached hydrogen (secondary N) is 1. The van der Waals surface area contributed by atoms with Gasteiger partial charge in [-0.15, -0.1) is 11.3 Å². The molecule has 1 atom stereocenters. The van der Waals surface area contributed by atoms with Crippen LogP contribution < -0.4 is 5.32 Å². The van der Waals surface area contributed by atoms with Gasteiger partial charge in [0.05, 0.1) is 5.57 Å². The minimum atomic E-state index is -0.640. The Morgan fingerprint density at radius 3 is 2.55 bits per heavy atom. The largest absolute Gasteiger partial charge is 0.457 e. The number of halogens is 1. The first-order valence-electron chi connectivity index (χ1n) is 9.79. The summed E-state index contributed by atoms with van der Waals surface area (Å²) in [4.78, 5) is 29.8. The number of esters is 1. The van der Waals surface area contributed by atoms with Gasteiger partial charge in [0.1, 0.15) is 12.4 Å². The first-order chi connectivity index (χ1) is 14.9. The van der Waals surface area contributed by atoms with Crippen LogP contribution in [-0.2, 0) is 20.9 Å². The summed E-state index contributed by atoms with van der Waals surface area (Å²) in [6.45, 7) is 5.15. The molecule has 1 aliphatic heterocycles. The quantitative estimate of drug-likeness (QED) is 0.570. The predicted molar refractivity (Wildman–Crippen MR) is 118 cm³/mol. The lowest BCUT2D eigenvalue weighted by atomic mass is 9.79. The van der Waals surface area contributed by atoms with Gasteiger partial charge in [0, 0.05) is 40.0 Å². The second kappa shape index (κ2) is 8.43. The van der Waals surface area contributed by atoms with Gasteiger partial charge in [-0.2, -0.15) is 0 Å². The van der Waals surface area contributed by atoms with Crippen LogP contribution in [0.5, 0.6) is 0 Å². The van der Waals surface area contributed by atoms with Crippen LogP contribution in [0.2, 0.25) is 0 Å². The highest BCUT2D eigenvalue weighted by Gasteiger charge is 2.37. The van der Waals surface area contributed by atoms with Crippen LogP contribution in [0.25, 0.3) is 10.1 Å². The Hall–Kier alpha value is -3.32. The summed E-state index contributed by atoms with van der Waals surface area (Å²) in [5.41, 5.74) is 3.66. The van der Waals surface area contributed by atoms with Gasteiger partial charge in [-0.1, -0.05) is 0 Å². The van der Waals surface area contributed by atoms with Gasteiger partial charge in [-0.05, 0) is 73.0 Å². The van der Waals surface area contributed by atoms with Crippen LogP contribution in [0, 0.1) is 5.82 Å². The molecule has 1 aliphatic rings. The fraction of sp³-hybridized carbons (Fsp3) is 0.208. The average Bonchev–Trinajstić information content (AvgIpc) is 3.14. The van der Waals surface area contributed by atoms with E-state index in [1.165, 1.54) is 30.4 Å². The normalized spacial score (nSPS) is 16.5. The van der Waals surface area contributed by atoms with Crippen LogP contribution in [0.4, 0.5) is 4.39 Å². The van der Waals surface area contributed by atoms with E-state index in [4.69, 9.17) is 4.74 Å². The molecule has 0 aliphatic carbocycles. The molecule has 158 valence electrons. The fourth-order valence-corrected chi connectivity index (χ4v) is 4.96. The molecule has 7 heteroatoms. The topological polar surface area (TPSA) is 68.3 Å². The predicted octanol–water partition coefficient (Wildman–Crippen LogP) is 5.00. The smallest absolute Gasteiger partial charge is 0.337 e. The van der Waals surface area contributed by atoms with Gasteiger partial charge >= 0.3 is 5.97 Å². The van der Waals surface area contributed by atoms with Crippen LogP contribution in [0.1, 0.15) is 37.8 Å². The molecule has 0 radical (unpaired) electrons. The third-order valence-corrected chi connectivity index (χ3v) is 6.34. The van der Waals surface area contributed by atoms with Crippen molar-refractivity contribution in [2.24, 2.45) is 0 Å². The van der Waals surface area contributed by atoms with E-state index in [0.29, 0.717) is 27.9 Å². The van der Waals surface area contributed by atoms with Gasteiger partial charge < -0.3 is 10.1 Å². The molecule has 5 nitrogen and oxygen atoms in total. The van der Waals surface area contributed by atoms with Crippen molar-refractivity contribution >= 4 is 33.2 Å². The van der Waals surface area contributed by atoms with Crippen molar-refractivity contribution in [1.29, 1.82) is 0 Å². The number of pyridine rings is 1. The summed E-state index contributed by atoms with van der Waals surface area (Å²) >= 11 is 1.45. The number of ether oxygens (including phenoxy) is 1. The van der Waals surface area contributed by atoms with E-state index < -0.39 is 11.9 Å². The molecule has 0 bridgehead atoms. The molecule has 0 saturated carbocycles. The number of carbonyl (C=O) groups excluding carboxylic acids is 2. The molecule has 2 aromatic heterocycles. The minimum Gasteiger partial charge on any atom is -0.457 e. The molecular weight excluding hydrogens is 415 g/mol. The number of thiophene rings is 1.